The van der Waals surface area contributed by atoms with Gasteiger partial charge in [0.2, 0.25) is 0 Å². The second-order valence-corrected chi connectivity index (χ2v) is 8.81. The van der Waals surface area contributed by atoms with Gasteiger partial charge in [0, 0.05) is 18.6 Å². The highest BCUT2D eigenvalue weighted by molar-refractivity contribution is 6.22. The van der Waals surface area contributed by atoms with Crippen LogP contribution in [-0.2, 0) is 19.1 Å². The topological polar surface area (TPSA) is 101 Å². The second-order valence-electron chi connectivity index (χ2n) is 8.81. The zero-order valence-electron chi connectivity index (χ0n) is 17.0. The van der Waals surface area contributed by atoms with E-state index < -0.39 is 51.9 Å². The number of ether oxygens (including phenoxy) is 1. The van der Waals surface area contributed by atoms with Crippen LogP contribution in [0.1, 0.15) is 40.5 Å². The van der Waals surface area contributed by atoms with E-state index in [2.05, 4.69) is 0 Å². The summed E-state index contributed by atoms with van der Waals surface area (Å²) in [4.78, 5) is 39.5. The highest BCUT2D eigenvalue weighted by atomic mass is 16.5. The van der Waals surface area contributed by atoms with Crippen molar-refractivity contribution in [3.8, 4) is 0 Å². The molecule has 0 radical (unpaired) electrons. The van der Waals surface area contributed by atoms with Crippen molar-refractivity contribution in [2.24, 2.45) is 17.3 Å². The number of hydrogen-bond donors (Lipinski definition) is 2. The van der Waals surface area contributed by atoms with Gasteiger partial charge in [0.05, 0.1) is 11.0 Å². The Morgan fingerprint density at radius 3 is 2.50 bits per heavy atom. The quantitative estimate of drug-likeness (QED) is 0.711. The van der Waals surface area contributed by atoms with Crippen LogP contribution >= 0.6 is 0 Å². The summed E-state index contributed by atoms with van der Waals surface area (Å²) in [7, 11) is 1.31. The average molecular weight is 388 g/mol. The Morgan fingerprint density at radius 2 is 1.93 bits per heavy atom. The van der Waals surface area contributed by atoms with E-state index in [1.54, 1.807) is 33.8 Å². The van der Waals surface area contributed by atoms with Gasteiger partial charge in [-0.15, -0.1) is 0 Å². The summed E-state index contributed by atoms with van der Waals surface area (Å²) in [5.74, 6) is -2.45. The largest absolute Gasteiger partial charge is 0.390 e. The van der Waals surface area contributed by atoms with Gasteiger partial charge in [-0.25, -0.2) is 0 Å². The number of Topliss-reactive ketones (excluding diaryl/α,β-unsaturated/α-hetero) is 1. The predicted molar refractivity (Wildman–Crippen MR) is 102 cm³/mol. The number of hydrogen-bond acceptors (Lipinski definition) is 6. The molecule has 1 saturated carbocycles. The lowest BCUT2D eigenvalue weighted by Gasteiger charge is -2.55. The second kappa shape index (κ2) is 6.58. The van der Waals surface area contributed by atoms with E-state index in [-0.39, 0.29) is 5.57 Å². The number of allylic oxidation sites excluding steroid dienone is 2. The first-order valence-electron chi connectivity index (χ1n) is 9.57. The lowest BCUT2D eigenvalue weighted by molar-refractivity contribution is -0.176. The van der Waals surface area contributed by atoms with Crippen LogP contribution in [0.15, 0.2) is 35.5 Å². The van der Waals surface area contributed by atoms with Crippen LogP contribution in [0.25, 0.3) is 0 Å². The van der Waals surface area contributed by atoms with Crippen molar-refractivity contribution in [3.63, 3.8) is 0 Å². The molecule has 2 N–H and O–H groups in total. The Bertz CT molecular complexity index is 828. The number of aliphatic hydroxyl groups is 2. The molecular weight excluding hydrogens is 360 g/mol. The molecular formula is C22H28O6. The molecule has 28 heavy (non-hydrogen) atoms. The molecule has 3 aliphatic rings. The van der Waals surface area contributed by atoms with E-state index in [1.165, 1.54) is 19.3 Å². The van der Waals surface area contributed by atoms with Gasteiger partial charge in [0.1, 0.15) is 6.10 Å². The lowest BCUT2D eigenvalue weighted by atomic mass is 9.50. The molecule has 0 aromatic carbocycles. The minimum atomic E-state index is -1.81. The summed E-state index contributed by atoms with van der Waals surface area (Å²) in [5, 5.41) is 21.5. The maximum absolute atomic E-state index is 13.6. The molecule has 0 aromatic rings. The summed E-state index contributed by atoms with van der Waals surface area (Å²) < 4.78 is 5.71. The number of rotatable bonds is 4. The van der Waals surface area contributed by atoms with Crippen molar-refractivity contribution in [2.45, 2.75) is 57.8 Å². The predicted octanol–water partition coefficient (Wildman–Crippen LogP) is 1.70. The molecule has 0 bridgehead atoms. The molecule has 0 aliphatic heterocycles. The van der Waals surface area contributed by atoms with Crippen LogP contribution < -0.4 is 0 Å². The number of fused-ring (bicyclic) bond motifs is 2. The molecule has 0 spiro atoms. The first kappa shape index (κ1) is 20.8. The van der Waals surface area contributed by atoms with Gasteiger partial charge in [0.15, 0.2) is 23.0 Å². The smallest absolute Gasteiger partial charge is 0.193 e. The van der Waals surface area contributed by atoms with E-state index in [1.807, 2.05) is 0 Å². The number of ketones is 3. The molecule has 0 saturated heterocycles. The van der Waals surface area contributed by atoms with E-state index in [9.17, 15) is 24.6 Å². The molecule has 0 amide bonds. The van der Waals surface area contributed by atoms with E-state index in [0.717, 1.165) is 11.6 Å². The molecule has 152 valence electrons. The standard InChI is InChI=1S/C22H28O6/c1-12(2)10-17(24)19(26)21(4)13-8-9-20(3,27)14(13)11-15-16(23)6-7-18(25)22(15,21)28-5/h6-7,10-11,13-14,17,24,27H,8-9H2,1-5H3/t13-,14+,17?,20-,21?,22?/m0/s1. The van der Waals surface area contributed by atoms with Crippen molar-refractivity contribution in [1.82, 2.24) is 0 Å². The Balaban J connectivity index is 2.32. The molecule has 6 nitrogen and oxygen atoms in total. The highest BCUT2D eigenvalue weighted by Crippen LogP contribution is 2.61. The van der Waals surface area contributed by atoms with Gasteiger partial charge >= 0.3 is 0 Å². The molecule has 3 rings (SSSR count). The van der Waals surface area contributed by atoms with Crippen molar-refractivity contribution in [3.05, 3.63) is 35.5 Å². The summed E-state index contributed by atoms with van der Waals surface area (Å²) in [6.07, 6.45) is 4.82. The van der Waals surface area contributed by atoms with Gasteiger partial charge in [-0.05, 0) is 58.6 Å². The Labute approximate surface area is 165 Å². The first-order chi connectivity index (χ1) is 12.9. The molecule has 3 aliphatic carbocycles. The maximum atomic E-state index is 13.6. The Kier molecular flexibility index (Phi) is 4.89. The Morgan fingerprint density at radius 1 is 1.29 bits per heavy atom. The third-order valence-electron chi connectivity index (χ3n) is 6.89. The number of aliphatic hydroxyl groups excluding tert-OH is 1. The molecule has 3 unspecified atom stereocenters. The van der Waals surface area contributed by atoms with Gasteiger partial charge < -0.3 is 14.9 Å². The van der Waals surface area contributed by atoms with Crippen molar-refractivity contribution >= 4 is 17.3 Å². The third kappa shape index (κ3) is 2.55. The highest BCUT2D eigenvalue weighted by Gasteiger charge is 2.71. The minimum Gasteiger partial charge on any atom is -0.390 e. The van der Waals surface area contributed by atoms with E-state index in [0.29, 0.717) is 12.8 Å². The SMILES string of the molecule is COC12C(=O)C=CC(=O)C1=C[C@@H]1[C@H](CC[C@]1(C)O)C2(C)C(=O)C(O)C=C(C)C. The molecule has 0 aromatic heterocycles. The van der Waals surface area contributed by atoms with Crippen molar-refractivity contribution < 1.29 is 29.3 Å². The summed E-state index contributed by atoms with van der Waals surface area (Å²) >= 11 is 0. The number of carbonyl (C=O) groups excluding carboxylic acids is 3. The fraction of sp³-hybridized carbons (Fsp3) is 0.591. The first-order valence-corrected chi connectivity index (χ1v) is 9.57. The summed E-state index contributed by atoms with van der Waals surface area (Å²) in [6, 6.07) is 0. The van der Waals surface area contributed by atoms with E-state index in [4.69, 9.17) is 4.74 Å². The van der Waals surface area contributed by atoms with Crippen LogP contribution in [0.4, 0.5) is 0 Å². The van der Waals surface area contributed by atoms with Gasteiger partial charge in [-0.1, -0.05) is 17.7 Å². The van der Waals surface area contributed by atoms with Crippen LogP contribution in [-0.4, -0.2) is 52.0 Å². The van der Waals surface area contributed by atoms with Crippen LogP contribution in [0.2, 0.25) is 0 Å². The van der Waals surface area contributed by atoms with Crippen LogP contribution in [0.5, 0.6) is 0 Å². The average Bonchev–Trinajstić information content (AvgIpc) is 2.92. The zero-order chi connectivity index (χ0) is 21.1. The zero-order valence-corrected chi connectivity index (χ0v) is 17.0. The van der Waals surface area contributed by atoms with Crippen LogP contribution in [0.3, 0.4) is 0 Å². The number of carbonyl (C=O) groups is 3. The van der Waals surface area contributed by atoms with E-state index >= 15 is 0 Å². The lowest BCUT2D eigenvalue weighted by Crippen LogP contribution is -2.68. The van der Waals surface area contributed by atoms with Crippen LogP contribution in [0, 0.1) is 17.3 Å². The maximum Gasteiger partial charge on any atom is 0.193 e. The number of methoxy groups -OCH3 is 1. The monoisotopic (exact) mass is 388 g/mol. The van der Waals surface area contributed by atoms with Gasteiger partial charge in [-0.2, -0.15) is 0 Å². The molecule has 0 heterocycles. The summed E-state index contributed by atoms with van der Waals surface area (Å²) in [5.41, 5.74) is -3.62. The van der Waals surface area contributed by atoms with Crippen molar-refractivity contribution in [2.75, 3.05) is 7.11 Å². The minimum absolute atomic E-state index is 0.0752. The fourth-order valence-corrected chi connectivity index (χ4v) is 5.49. The molecule has 1 fully saturated rings. The molecule has 6 atom stereocenters. The Hall–Kier alpha value is -1.89. The van der Waals surface area contributed by atoms with Gasteiger partial charge in [0.25, 0.3) is 0 Å². The normalized spacial score (nSPS) is 40.5. The molecule has 6 heteroatoms. The van der Waals surface area contributed by atoms with Gasteiger partial charge in [-0.3, -0.25) is 14.4 Å². The third-order valence-corrected chi connectivity index (χ3v) is 6.89. The fourth-order valence-electron chi connectivity index (χ4n) is 5.49. The summed E-state index contributed by atoms with van der Waals surface area (Å²) in [6.45, 7) is 6.80. The van der Waals surface area contributed by atoms with Crippen molar-refractivity contribution in [1.29, 1.82) is 0 Å².